The maximum Gasteiger partial charge on any atom is 0.259 e. The maximum absolute atomic E-state index is 14.2. The minimum Gasteiger partial charge on any atom is -0.508 e. The molecule has 0 heterocycles. The van der Waals surface area contributed by atoms with E-state index in [1.54, 1.807) is 0 Å². The first-order chi connectivity index (χ1) is 15.1. The summed E-state index contributed by atoms with van der Waals surface area (Å²) in [6.45, 7) is 0. The number of benzene rings is 3. The van der Waals surface area contributed by atoms with E-state index in [0.29, 0.717) is 0 Å². The van der Waals surface area contributed by atoms with Gasteiger partial charge in [-0.15, -0.1) is 0 Å². The molecule has 0 saturated carbocycles. The van der Waals surface area contributed by atoms with Gasteiger partial charge in [-0.3, -0.25) is 9.59 Å². The van der Waals surface area contributed by atoms with Crippen molar-refractivity contribution < 1.29 is 33.3 Å². The van der Waals surface area contributed by atoms with Crippen molar-refractivity contribution in [2.75, 3.05) is 17.7 Å². The minimum atomic E-state index is -0.884. The van der Waals surface area contributed by atoms with E-state index in [9.17, 15) is 28.6 Å². The lowest BCUT2D eigenvalue weighted by Gasteiger charge is -2.14. The molecule has 0 aliphatic rings. The van der Waals surface area contributed by atoms with Crippen LogP contribution in [0.15, 0.2) is 51.4 Å². The van der Waals surface area contributed by atoms with Gasteiger partial charge >= 0.3 is 0 Å². The first kappa shape index (κ1) is 23.5. The summed E-state index contributed by atoms with van der Waals surface area (Å²) < 4.78 is 33.6. The summed E-state index contributed by atoms with van der Waals surface area (Å²) in [4.78, 5) is 25.4. The number of ether oxygens (including phenoxy) is 1. The molecule has 0 unspecified atom stereocenters. The topological polar surface area (TPSA) is 108 Å². The molecule has 3 rings (SSSR count). The van der Waals surface area contributed by atoms with Crippen molar-refractivity contribution in [2.45, 2.75) is 0 Å². The van der Waals surface area contributed by atoms with Crippen LogP contribution < -0.4 is 15.4 Å². The molecule has 0 aromatic heterocycles. The number of hydrogen-bond acceptors (Lipinski definition) is 5. The molecular formula is C21H14Br2F2N2O5. The Balaban J connectivity index is 1.92. The second-order valence-corrected chi connectivity index (χ2v) is 8.10. The number of hydrogen-bond donors (Lipinski definition) is 4. The van der Waals surface area contributed by atoms with E-state index in [1.807, 2.05) is 0 Å². The average molecular weight is 572 g/mol. The zero-order chi connectivity index (χ0) is 23.6. The molecule has 0 saturated heterocycles. The summed E-state index contributed by atoms with van der Waals surface area (Å²) in [7, 11) is 1.31. The van der Waals surface area contributed by atoms with Gasteiger partial charge in [0.15, 0.2) is 11.6 Å². The Hall–Kier alpha value is -3.18. The zero-order valence-electron chi connectivity index (χ0n) is 16.2. The smallest absolute Gasteiger partial charge is 0.259 e. The molecule has 0 atom stereocenters. The third kappa shape index (κ3) is 5.00. The molecule has 0 bridgehead atoms. The van der Waals surface area contributed by atoms with E-state index in [1.165, 1.54) is 37.4 Å². The third-order valence-corrected chi connectivity index (χ3v) is 5.49. The summed E-state index contributed by atoms with van der Waals surface area (Å²) >= 11 is 6.12. The summed E-state index contributed by atoms with van der Waals surface area (Å²) in [5.41, 5.74) is -0.533. The molecule has 0 aliphatic heterocycles. The second kappa shape index (κ2) is 9.53. The van der Waals surface area contributed by atoms with E-state index in [0.717, 1.165) is 12.1 Å². The highest BCUT2D eigenvalue weighted by Crippen LogP contribution is 2.32. The number of carbonyl (C=O) groups is 2. The maximum atomic E-state index is 14.2. The number of carbonyl (C=O) groups excluding carboxylic acids is 2. The summed E-state index contributed by atoms with van der Waals surface area (Å²) in [5, 5.41) is 23.6. The van der Waals surface area contributed by atoms with Crippen LogP contribution in [0.5, 0.6) is 17.2 Å². The van der Waals surface area contributed by atoms with Gasteiger partial charge in [-0.25, -0.2) is 8.78 Å². The van der Waals surface area contributed by atoms with Crippen LogP contribution in [0, 0.1) is 11.6 Å². The van der Waals surface area contributed by atoms with E-state index >= 15 is 0 Å². The summed E-state index contributed by atoms with van der Waals surface area (Å²) in [5.74, 6) is -3.86. The van der Waals surface area contributed by atoms with Crippen molar-refractivity contribution in [3.63, 3.8) is 0 Å². The molecule has 2 amide bonds. The van der Waals surface area contributed by atoms with Crippen molar-refractivity contribution in [1.29, 1.82) is 0 Å². The van der Waals surface area contributed by atoms with Crippen LogP contribution in [-0.2, 0) is 0 Å². The molecule has 0 spiro atoms. The van der Waals surface area contributed by atoms with Crippen molar-refractivity contribution in [2.24, 2.45) is 0 Å². The summed E-state index contributed by atoms with van der Waals surface area (Å²) in [6, 6.07) is 7.97. The molecule has 0 radical (unpaired) electrons. The van der Waals surface area contributed by atoms with Gasteiger partial charge in [-0.2, -0.15) is 0 Å². The van der Waals surface area contributed by atoms with Crippen LogP contribution in [0.25, 0.3) is 0 Å². The number of rotatable bonds is 5. The van der Waals surface area contributed by atoms with Gasteiger partial charge in [-0.05, 0) is 62.2 Å². The number of halogens is 4. The second-order valence-electron chi connectivity index (χ2n) is 6.39. The molecule has 7 nitrogen and oxygen atoms in total. The first-order valence-electron chi connectivity index (χ1n) is 8.77. The normalized spacial score (nSPS) is 10.5. The van der Waals surface area contributed by atoms with E-state index < -0.39 is 23.4 Å². The number of phenolic OH excluding ortho intramolecular Hbond substituents is 2. The van der Waals surface area contributed by atoms with Crippen LogP contribution in [0.4, 0.5) is 20.2 Å². The number of phenols is 2. The fourth-order valence-electron chi connectivity index (χ4n) is 2.75. The van der Waals surface area contributed by atoms with E-state index in [4.69, 9.17) is 4.74 Å². The third-order valence-electron chi connectivity index (χ3n) is 4.24. The van der Waals surface area contributed by atoms with Crippen molar-refractivity contribution in [1.82, 2.24) is 0 Å². The van der Waals surface area contributed by atoms with Crippen LogP contribution in [-0.4, -0.2) is 29.1 Å². The number of aromatic hydroxyl groups is 2. The lowest BCUT2D eigenvalue weighted by atomic mass is 10.1. The Morgan fingerprint density at radius 1 is 0.844 bits per heavy atom. The van der Waals surface area contributed by atoms with Crippen LogP contribution in [0.1, 0.15) is 20.7 Å². The van der Waals surface area contributed by atoms with Crippen molar-refractivity contribution >= 4 is 55.0 Å². The molecule has 166 valence electrons. The van der Waals surface area contributed by atoms with E-state index in [2.05, 4.69) is 42.5 Å². The number of nitrogens with one attached hydrogen (secondary N) is 2. The van der Waals surface area contributed by atoms with Gasteiger partial charge in [0.05, 0.1) is 24.0 Å². The standard InChI is InChI=1S/C21H14Br2F2N2O5/c1-32-17-3-2-9(20(30)26-18-13(22)5-10(28)7-15(18)24)4-12(17)21(31)27-19-14(23)6-11(29)8-16(19)25/h2-8,28-29H,1H3,(H,26,30)(H,27,31). The van der Waals surface area contributed by atoms with Gasteiger partial charge in [-0.1, -0.05) is 0 Å². The molecular weight excluding hydrogens is 558 g/mol. The van der Waals surface area contributed by atoms with Gasteiger partial charge in [0, 0.05) is 26.6 Å². The van der Waals surface area contributed by atoms with Crippen LogP contribution in [0.3, 0.4) is 0 Å². The molecule has 4 N–H and O–H groups in total. The quantitative estimate of drug-likeness (QED) is 0.306. The molecule has 3 aromatic rings. The highest BCUT2D eigenvalue weighted by molar-refractivity contribution is 9.11. The van der Waals surface area contributed by atoms with Crippen LogP contribution in [0.2, 0.25) is 0 Å². The van der Waals surface area contributed by atoms with Crippen molar-refractivity contribution in [3.05, 3.63) is 74.2 Å². The van der Waals surface area contributed by atoms with Crippen LogP contribution >= 0.6 is 31.9 Å². The Morgan fingerprint density at radius 2 is 1.34 bits per heavy atom. The molecule has 11 heteroatoms. The number of methoxy groups -OCH3 is 1. The Labute approximate surface area is 197 Å². The van der Waals surface area contributed by atoms with Gasteiger partial charge in [0.1, 0.15) is 17.2 Å². The number of amides is 2. The zero-order valence-corrected chi connectivity index (χ0v) is 19.3. The molecule has 0 fully saturated rings. The molecule has 3 aromatic carbocycles. The molecule has 32 heavy (non-hydrogen) atoms. The minimum absolute atomic E-state index is 0.0134. The number of anilines is 2. The lowest BCUT2D eigenvalue weighted by Crippen LogP contribution is -2.18. The SMILES string of the molecule is COc1ccc(C(=O)Nc2c(F)cc(O)cc2Br)cc1C(=O)Nc1c(F)cc(O)cc1Br. The summed E-state index contributed by atoms with van der Waals surface area (Å²) in [6.07, 6.45) is 0. The van der Waals surface area contributed by atoms with Gasteiger partial charge in [0.25, 0.3) is 11.8 Å². The lowest BCUT2D eigenvalue weighted by molar-refractivity contribution is 0.102. The monoisotopic (exact) mass is 570 g/mol. The van der Waals surface area contributed by atoms with Gasteiger partial charge in [0.2, 0.25) is 0 Å². The van der Waals surface area contributed by atoms with Gasteiger partial charge < -0.3 is 25.6 Å². The predicted octanol–water partition coefficient (Wildman–Crippen LogP) is 5.41. The Morgan fingerprint density at radius 3 is 1.81 bits per heavy atom. The highest BCUT2D eigenvalue weighted by atomic mass is 79.9. The average Bonchev–Trinajstić information content (AvgIpc) is 2.72. The predicted molar refractivity (Wildman–Crippen MR) is 120 cm³/mol. The largest absolute Gasteiger partial charge is 0.508 e. The highest BCUT2D eigenvalue weighted by Gasteiger charge is 2.20. The fraction of sp³-hybridized carbons (Fsp3) is 0.0476. The first-order valence-corrected chi connectivity index (χ1v) is 10.4. The fourth-order valence-corrected chi connectivity index (χ4v) is 3.80. The Bertz CT molecular complexity index is 1190. The van der Waals surface area contributed by atoms with E-state index in [-0.39, 0.29) is 48.7 Å². The molecule has 0 aliphatic carbocycles. The Kier molecular flexibility index (Phi) is 6.99. The van der Waals surface area contributed by atoms with Crippen molar-refractivity contribution in [3.8, 4) is 17.2 Å².